The van der Waals surface area contributed by atoms with Crippen molar-refractivity contribution < 1.29 is 4.39 Å². The van der Waals surface area contributed by atoms with Crippen LogP contribution in [0.15, 0.2) is 46.9 Å². The summed E-state index contributed by atoms with van der Waals surface area (Å²) < 4.78 is 14.3. The molecule has 2 nitrogen and oxygen atoms in total. The summed E-state index contributed by atoms with van der Waals surface area (Å²) in [6, 6.07) is 12.6. The zero-order valence-electron chi connectivity index (χ0n) is 10.7. The van der Waals surface area contributed by atoms with Gasteiger partial charge in [0.15, 0.2) is 0 Å². The van der Waals surface area contributed by atoms with E-state index in [0.717, 1.165) is 28.0 Å². The van der Waals surface area contributed by atoms with Gasteiger partial charge in [0.25, 0.3) is 0 Å². The second kappa shape index (κ2) is 6.17. The summed E-state index contributed by atoms with van der Waals surface area (Å²) in [5.74, 6) is -0.231. The molecule has 0 aliphatic rings. The largest absolute Gasteiger partial charge is 0.341 e. The number of benzene rings is 2. The molecule has 0 aromatic heterocycles. The molecular formula is C15H16BrFN2. The molecule has 19 heavy (non-hydrogen) atoms. The molecule has 2 rings (SSSR count). The van der Waals surface area contributed by atoms with Gasteiger partial charge < -0.3 is 10.6 Å². The first kappa shape index (κ1) is 14.0. The molecule has 2 aromatic carbocycles. The number of nitrogens with zero attached hydrogens (tertiary/aromatic N) is 1. The van der Waals surface area contributed by atoms with Gasteiger partial charge in [-0.05, 0) is 58.7 Å². The Hall–Kier alpha value is -1.39. The molecule has 0 spiro atoms. The predicted octanol–water partition coefficient (Wildman–Crippen LogP) is 4.20. The average molecular weight is 323 g/mol. The summed E-state index contributed by atoms with van der Waals surface area (Å²) in [5, 5.41) is 0. The van der Waals surface area contributed by atoms with E-state index in [1.165, 1.54) is 12.1 Å². The van der Waals surface area contributed by atoms with Crippen LogP contribution in [0.3, 0.4) is 0 Å². The second-order valence-electron chi connectivity index (χ2n) is 4.21. The fourth-order valence-electron chi connectivity index (χ4n) is 2.03. The van der Waals surface area contributed by atoms with E-state index in [1.807, 2.05) is 36.1 Å². The van der Waals surface area contributed by atoms with Crippen molar-refractivity contribution in [3.63, 3.8) is 0 Å². The van der Waals surface area contributed by atoms with Gasteiger partial charge in [0.1, 0.15) is 5.82 Å². The Morgan fingerprint density at radius 3 is 2.58 bits per heavy atom. The van der Waals surface area contributed by atoms with Gasteiger partial charge in [-0.25, -0.2) is 4.39 Å². The third kappa shape index (κ3) is 3.14. The number of rotatable bonds is 4. The minimum absolute atomic E-state index is 0.231. The van der Waals surface area contributed by atoms with Crippen LogP contribution < -0.4 is 10.6 Å². The van der Waals surface area contributed by atoms with Gasteiger partial charge in [0.05, 0.1) is 5.69 Å². The fourth-order valence-corrected chi connectivity index (χ4v) is 2.67. The molecule has 4 heteroatoms. The third-order valence-corrected chi connectivity index (χ3v) is 3.61. The van der Waals surface area contributed by atoms with Crippen LogP contribution in [0.25, 0.3) is 0 Å². The molecule has 0 amide bonds. The molecule has 0 saturated carbocycles. The van der Waals surface area contributed by atoms with E-state index >= 15 is 0 Å². The third-order valence-electron chi connectivity index (χ3n) is 2.97. The van der Waals surface area contributed by atoms with Gasteiger partial charge in [-0.1, -0.05) is 12.1 Å². The molecule has 0 saturated heterocycles. The first-order valence-corrected chi connectivity index (χ1v) is 6.96. The van der Waals surface area contributed by atoms with Gasteiger partial charge in [-0.15, -0.1) is 0 Å². The molecule has 2 N–H and O–H groups in total. The Labute approximate surface area is 121 Å². The van der Waals surface area contributed by atoms with E-state index < -0.39 is 0 Å². The van der Waals surface area contributed by atoms with Gasteiger partial charge in [0, 0.05) is 23.2 Å². The molecule has 2 aromatic rings. The Morgan fingerprint density at radius 2 is 2.00 bits per heavy atom. The van der Waals surface area contributed by atoms with Crippen LogP contribution in [0.1, 0.15) is 12.5 Å². The van der Waals surface area contributed by atoms with Crippen LogP contribution in [0.5, 0.6) is 0 Å². The monoisotopic (exact) mass is 322 g/mol. The van der Waals surface area contributed by atoms with Gasteiger partial charge in [-0.3, -0.25) is 0 Å². The Balaban J connectivity index is 2.42. The van der Waals surface area contributed by atoms with Crippen LogP contribution in [0, 0.1) is 5.82 Å². The SMILES string of the molecule is CCN(c1cccc(F)c1)c1ccc(CN)cc1Br. The summed E-state index contributed by atoms with van der Waals surface area (Å²) >= 11 is 3.55. The molecular weight excluding hydrogens is 307 g/mol. The highest BCUT2D eigenvalue weighted by Crippen LogP contribution is 2.32. The van der Waals surface area contributed by atoms with Crippen molar-refractivity contribution in [2.75, 3.05) is 11.4 Å². The molecule has 0 atom stereocenters. The Morgan fingerprint density at radius 1 is 1.21 bits per heavy atom. The van der Waals surface area contributed by atoms with E-state index in [2.05, 4.69) is 15.9 Å². The molecule has 0 aliphatic heterocycles. The highest BCUT2D eigenvalue weighted by molar-refractivity contribution is 9.10. The highest BCUT2D eigenvalue weighted by atomic mass is 79.9. The van der Waals surface area contributed by atoms with E-state index in [-0.39, 0.29) is 5.82 Å². The zero-order valence-corrected chi connectivity index (χ0v) is 12.3. The molecule has 0 radical (unpaired) electrons. The zero-order chi connectivity index (χ0) is 13.8. The van der Waals surface area contributed by atoms with E-state index in [1.54, 1.807) is 6.07 Å². The van der Waals surface area contributed by atoms with E-state index in [4.69, 9.17) is 5.73 Å². The number of nitrogens with two attached hydrogens (primary N) is 1. The summed E-state index contributed by atoms with van der Waals surface area (Å²) in [5.41, 5.74) is 8.53. The van der Waals surface area contributed by atoms with Crippen molar-refractivity contribution in [2.24, 2.45) is 5.73 Å². The van der Waals surface area contributed by atoms with Crippen molar-refractivity contribution >= 4 is 27.3 Å². The maximum absolute atomic E-state index is 13.3. The molecule has 0 bridgehead atoms. The summed E-state index contributed by atoms with van der Waals surface area (Å²) in [4.78, 5) is 2.05. The lowest BCUT2D eigenvalue weighted by atomic mass is 10.1. The van der Waals surface area contributed by atoms with E-state index in [0.29, 0.717) is 6.54 Å². The van der Waals surface area contributed by atoms with Gasteiger partial charge in [0.2, 0.25) is 0 Å². The van der Waals surface area contributed by atoms with Gasteiger partial charge >= 0.3 is 0 Å². The number of halogens is 2. The molecule has 0 fully saturated rings. The lowest BCUT2D eigenvalue weighted by Crippen LogP contribution is -2.16. The first-order valence-electron chi connectivity index (χ1n) is 6.17. The Kier molecular flexibility index (Phi) is 4.56. The van der Waals surface area contributed by atoms with Crippen LogP contribution in [0.2, 0.25) is 0 Å². The normalized spacial score (nSPS) is 10.5. The molecule has 100 valence electrons. The molecule has 0 aliphatic carbocycles. The number of hydrogen-bond donors (Lipinski definition) is 1. The lowest BCUT2D eigenvalue weighted by Gasteiger charge is -2.25. The van der Waals surface area contributed by atoms with Crippen LogP contribution >= 0.6 is 15.9 Å². The van der Waals surface area contributed by atoms with Crippen LogP contribution in [0.4, 0.5) is 15.8 Å². The van der Waals surface area contributed by atoms with Crippen LogP contribution in [-0.2, 0) is 6.54 Å². The summed E-state index contributed by atoms with van der Waals surface area (Å²) in [7, 11) is 0. The van der Waals surface area contributed by atoms with Gasteiger partial charge in [-0.2, -0.15) is 0 Å². The van der Waals surface area contributed by atoms with Crippen molar-refractivity contribution in [2.45, 2.75) is 13.5 Å². The fraction of sp³-hybridized carbons (Fsp3) is 0.200. The second-order valence-corrected chi connectivity index (χ2v) is 5.07. The minimum Gasteiger partial charge on any atom is -0.341 e. The van der Waals surface area contributed by atoms with Crippen molar-refractivity contribution in [1.82, 2.24) is 0 Å². The maximum atomic E-state index is 13.3. The van der Waals surface area contributed by atoms with E-state index in [9.17, 15) is 4.39 Å². The molecule has 0 heterocycles. The smallest absolute Gasteiger partial charge is 0.125 e. The minimum atomic E-state index is -0.231. The number of hydrogen-bond acceptors (Lipinski definition) is 2. The van der Waals surface area contributed by atoms with Crippen molar-refractivity contribution in [1.29, 1.82) is 0 Å². The molecule has 0 unspecified atom stereocenters. The highest BCUT2D eigenvalue weighted by Gasteiger charge is 2.11. The Bertz CT molecular complexity index is 572. The predicted molar refractivity (Wildman–Crippen MR) is 81.1 cm³/mol. The van der Waals surface area contributed by atoms with Crippen molar-refractivity contribution in [3.05, 3.63) is 58.3 Å². The number of anilines is 2. The lowest BCUT2D eigenvalue weighted by molar-refractivity contribution is 0.627. The first-order chi connectivity index (χ1) is 9.15. The average Bonchev–Trinajstić information content (AvgIpc) is 2.41. The quantitative estimate of drug-likeness (QED) is 0.913. The summed E-state index contributed by atoms with van der Waals surface area (Å²) in [6.45, 7) is 3.29. The topological polar surface area (TPSA) is 29.3 Å². The summed E-state index contributed by atoms with van der Waals surface area (Å²) in [6.07, 6.45) is 0. The standard InChI is InChI=1S/C15H16BrFN2/c1-2-19(13-5-3-4-12(17)9-13)15-7-6-11(10-18)8-14(15)16/h3-9H,2,10,18H2,1H3. The van der Waals surface area contributed by atoms with Crippen molar-refractivity contribution in [3.8, 4) is 0 Å². The van der Waals surface area contributed by atoms with Crippen LogP contribution in [-0.4, -0.2) is 6.54 Å². The maximum Gasteiger partial charge on any atom is 0.125 e.